The third kappa shape index (κ3) is 4.86. The minimum absolute atomic E-state index is 0.821. The van der Waals surface area contributed by atoms with Crippen molar-refractivity contribution in [1.29, 1.82) is 0 Å². The average molecular weight is 532 g/mol. The van der Waals surface area contributed by atoms with Gasteiger partial charge in [0, 0.05) is 49.7 Å². The Morgan fingerprint density at radius 2 is 1.92 bits per heavy atom. The first kappa shape index (κ1) is 24.8. The highest BCUT2D eigenvalue weighted by Gasteiger charge is 2.16. The van der Waals surface area contributed by atoms with E-state index in [1.807, 2.05) is 31.7 Å². The van der Waals surface area contributed by atoms with Crippen LogP contribution in [0.15, 0.2) is 80.0 Å². The van der Waals surface area contributed by atoms with Gasteiger partial charge in [-0.2, -0.15) is 5.10 Å². The molecule has 0 aliphatic carbocycles. The van der Waals surface area contributed by atoms with Crippen molar-refractivity contribution < 1.29 is 0 Å². The van der Waals surface area contributed by atoms with E-state index in [1.54, 1.807) is 11.3 Å². The molecule has 0 aliphatic heterocycles. The Labute approximate surface area is 230 Å². The van der Waals surface area contributed by atoms with Crippen LogP contribution in [0.25, 0.3) is 60.6 Å². The maximum absolute atomic E-state index is 4.68. The zero-order chi connectivity index (χ0) is 26.9. The highest BCUT2D eigenvalue weighted by molar-refractivity contribution is 7.16. The van der Waals surface area contributed by atoms with Crippen molar-refractivity contribution in [3.8, 4) is 33.1 Å². The Morgan fingerprint density at radius 3 is 2.74 bits per heavy atom. The quantitative estimate of drug-likeness (QED) is 0.174. The van der Waals surface area contributed by atoms with Crippen molar-refractivity contribution in [2.45, 2.75) is 33.1 Å². The Morgan fingerprint density at radius 1 is 1.03 bits per heavy atom. The third-order valence-electron chi connectivity index (χ3n) is 6.71. The van der Waals surface area contributed by atoms with Crippen LogP contribution >= 0.6 is 11.3 Å². The smallest absolute Gasteiger partial charge is 0.138 e. The monoisotopic (exact) mass is 531 g/mol. The minimum atomic E-state index is 0.821. The first-order valence-corrected chi connectivity index (χ1v) is 13.8. The van der Waals surface area contributed by atoms with Gasteiger partial charge in [0.1, 0.15) is 11.3 Å². The highest BCUT2D eigenvalue weighted by atomic mass is 32.1. The highest BCUT2D eigenvalue weighted by Crippen LogP contribution is 2.37. The van der Waals surface area contributed by atoms with E-state index in [1.165, 1.54) is 9.75 Å². The van der Waals surface area contributed by atoms with Crippen molar-refractivity contribution in [2.24, 2.45) is 0 Å². The van der Waals surface area contributed by atoms with Gasteiger partial charge < -0.3 is 10.3 Å². The predicted octanol–water partition coefficient (Wildman–Crippen LogP) is 8.44. The zero-order valence-corrected chi connectivity index (χ0v) is 22.8. The van der Waals surface area contributed by atoms with Gasteiger partial charge in [0.05, 0.1) is 35.0 Å². The first-order chi connectivity index (χ1) is 19.0. The number of nitrogens with one attached hydrogen (secondary N) is 3. The SMILES string of the molecule is C=C(CCCC)Nc1cncc(-c2cc3c(-c4cc5c(-c6ccc(C(=C)C)s6)ccnc5[nH]4)n[nH]c3cn2)c1. The fraction of sp³-hybridized carbons (Fsp3) is 0.161. The van der Waals surface area contributed by atoms with Crippen molar-refractivity contribution in [2.75, 3.05) is 5.32 Å². The van der Waals surface area contributed by atoms with Crippen LogP contribution in [-0.4, -0.2) is 30.1 Å². The van der Waals surface area contributed by atoms with Crippen molar-refractivity contribution in [3.63, 3.8) is 0 Å². The lowest BCUT2D eigenvalue weighted by Crippen LogP contribution is -1.99. The molecule has 0 saturated heterocycles. The van der Waals surface area contributed by atoms with Crippen LogP contribution in [-0.2, 0) is 0 Å². The van der Waals surface area contributed by atoms with Gasteiger partial charge in [-0.15, -0.1) is 11.3 Å². The molecule has 0 aromatic carbocycles. The normalized spacial score (nSPS) is 11.3. The molecular formula is C31H29N7S. The maximum Gasteiger partial charge on any atom is 0.138 e. The molecule has 194 valence electrons. The summed E-state index contributed by atoms with van der Waals surface area (Å²) in [5.41, 5.74) is 9.24. The molecule has 0 amide bonds. The third-order valence-corrected chi connectivity index (χ3v) is 7.99. The molecule has 0 fully saturated rings. The fourth-order valence-corrected chi connectivity index (χ4v) is 5.64. The molecule has 6 rings (SSSR count). The second kappa shape index (κ2) is 10.3. The molecule has 6 aromatic heterocycles. The van der Waals surface area contributed by atoms with Gasteiger partial charge in [-0.3, -0.25) is 15.1 Å². The Hall–Kier alpha value is -4.56. The number of unbranched alkanes of at least 4 members (excludes halogenated alkanes) is 1. The number of hydrogen-bond donors (Lipinski definition) is 3. The lowest BCUT2D eigenvalue weighted by molar-refractivity contribution is 0.791. The molecule has 8 heteroatoms. The van der Waals surface area contributed by atoms with Crippen molar-refractivity contribution in [1.82, 2.24) is 30.1 Å². The number of pyridine rings is 3. The number of aromatic nitrogens is 6. The predicted molar refractivity (Wildman–Crippen MR) is 163 cm³/mol. The van der Waals surface area contributed by atoms with Gasteiger partial charge in [0.15, 0.2) is 0 Å². The number of fused-ring (bicyclic) bond motifs is 2. The summed E-state index contributed by atoms with van der Waals surface area (Å²) >= 11 is 1.74. The Kier molecular flexibility index (Phi) is 6.54. The number of aromatic amines is 2. The number of nitrogens with zero attached hydrogens (tertiary/aromatic N) is 4. The largest absolute Gasteiger partial charge is 0.358 e. The molecule has 39 heavy (non-hydrogen) atoms. The van der Waals surface area contributed by atoms with E-state index in [4.69, 9.17) is 0 Å². The summed E-state index contributed by atoms with van der Waals surface area (Å²) in [6, 6.07) is 12.6. The molecule has 0 atom stereocenters. The lowest BCUT2D eigenvalue weighted by Gasteiger charge is -2.10. The minimum Gasteiger partial charge on any atom is -0.358 e. The second-order valence-corrected chi connectivity index (χ2v) is 10.8. The molecule has 0 spiro atoms. The van der Waals surface area contributed by atoms with Crippen LogP contribution < -0.4 is 5.32 Å². The van der Waals surface area contributed by atoms with Crippen molar-refractivity contribution in [3.05, 3.63) is 84.9 Å². The molecule has 0 radical (unpaired) electrons. The van der Waals surface area contributed by atoms with E-state index in [-0.39, 0.29) is 0 Å². The molecule has 7 nitrogen and oxygen atoms in total. The standard InChI is InChI=1S/C31H29N7S/c1-5-6-7-19(4)35-21-12-20(15-32-16-21)25-14-24-27(17-34-25)37-38-30(24)26-13-23-22(10-11-33-31(23)36-26)29-9-8-28(39-29)18(2)3/h8-17,35H,2,4-7H2,1,3H3,(H,33,36)(H,37,38). The summed E-state index contributed by atoms with van der Waals surface area (Å²) in [6.07, 6.45) is 10.5. The summed E-state index contributed by atoms with van der Waals surface area (Å²) < 4.78 is 0. The van der Waals surface area contributed by atoms with Gasteiger partial charge in [-0.05, 0) is 61.7 Å². The molecule has 6 heterocycles. The number of hydrogen-bond acceptors (Lipinski definition) is 6. The topological polar surface area (TPSA) is 95.2 Å². The maximum atomic E-state index is 4.68. The number of thiophene rings is 1. The van der Waals surface area contributed by atoms with E-state index in [0.29, 0.717) is 0 Å². The summed E-state index contributed by atoms with van der Waals surface area (Å²) in [7, 11) is 0. The van der Waals surface area contributed by atoms with E-state index >= 15 is 0 Å². The van der Waals surface area contributed by atoms with Crippen molar-refractivity contribution >= 4 is 44.5 Å². The van der Waals surface area contributed by atoms with Crippen LogP contribution in [0.3, 0.4) is 0 Å². The lowest BCUT2D eigenvalue weighted by atomic mass is 10.1. The van der Waals surface area contributed by atoms with E-state index in [9.17, 15) is 0 Å². The van der Waals surface area contributed by atoms with E-state index in [2.05, 4.69) is 91.9 Å². The molecule has 6 aromatic rings. The van der Waals surface area contributed by atoms with Gasteiger partial charge in [-0.25, -0.2) is 4.98 Å². The second-order valence-electron chi connectivity index (χ2n) is 9.73. The molecule has 0 aliphatic rings. The van der Waals surface area contributed by atoms with E-state index in [0.717, 1.165) is 86.4 Å². The van der Waals surface area contributed by atoms with Gasteiger partial charge >= 0.3 is 0 Å². The summed E-state index contributed by atoms with van der Waals surface area (Å²) in [5, 5.41) is 13.2. The Balaban J connectivity index is 1.36. The first-order valence-electron chi connectivity index (χ1n) is 13.0. The summed E-state index contributed by atoms with van der Waals surface area (Å²) in [5.74, 6) is 0. The molecule has 0 bridgehead atoms. The number of H-pyrrole nitrogens is 2. The van der Waals surface area contributed by atoms with Crippen LogP contribution in [0, 0.1) is 0 Å². The summed E-state index contributed by atoms with van der Waals surface area (Å²) in [4.78, 5) is 19.6. The molecule has 0 unspecified atom stereocenters. The average Bonchev–Trinajstić information content (AvgIpc) is 3.69. The molecular weight excluding hydrogens is 502 g/mol. The fourth-order valence-electron chi connectivity index (χ4n) is 4.67. The van der Waals surface area contributed by atoms with Gasteiger partial charge in [0.2, 0.25) is 0 Å². The van der Waals surface area contributed by atoms with Gasteiger partial charge in [0.25, 0.3) is 0 Å². The number of rotatable bonds is 9. The van der Waals surface area contributed by atoms with E-state index < -0.39 is 0 Å². The number of anilines is 1. The summed E-state index contributed by atoms with van der Waals surface area (Å²) in [6.45, 7) is 12.4. The number of allylic oxidation sites excluding steroid dienone is 2. The molecule has 0 saturated carbocycles. The van der Waals surface area contributed by atoms with Crippen LogP contribution in [0.1, 0.15) is 38.0 Å². The van der Waals surface area contributed by atoms with Gasteiger partial charge in [-0.1, -0.05) is 26.5 Å². The zero-order valence-electron chi connectivity index (χ0n) is 22.0. The Bertz CT molecular complexity index is 1840. The van der Waals surface area contributed by atoms with Crippen LogP contribution in [0.5, 0.6) is 0 Å². The molecule has 3 N–H and O–H groups in total. The van der Waals surface area contributed by atoms with Crippen LogP contribution in [0.4, 0.5) is 5.69 Å². The van der Waals surface area contributed by atoms with Crippen LogP contribution in [0.2, 0.25) is 0 Å².